The molecule has 110 valence electrons. The van der Waals surface area contributed by atoms with Crippen molar-refractivity contribution in [2.75, 3.05) is 26.2 Å². The zero-order valence-corrected chi connectivity index (χ0v) is 12.0. The minimum atomic E-state index is -0.109. The fraction of sp³-hybridized carbons (Fsp3) is 0.625. The Labute approximate surface area is 120 Å². The number of nitrogens with two attached hydrogens (primary N) is 1. The molecule has 0 spiro atoms. The third-order valence-corrected chi connectivity index (χ3v) is 4.66. The summed E-state index contributed by atoms with van der Waals surface area (Å²) in [5.41, 5.74) is 7.00. The molecule has 20 heavy (non-hydrogen) atoms. The van der Waals surface area contributed by atoms with Gasteiger partial charge in [0.25, 0.3) is 0 Å². The molecular formula is C16H24FN3. The average Bonchev–Trinajstić information content (AvgIpc) is 2.80. The molecule has 3 nitrogen and oxygen atoms in total. The van der Waals surface area contributed by atoms with Crippen LogP contribution in [0.5, 0.6) is 0 Å². The van der Waals surface area contributed by atoms with Crippen molar-refractivity contribution in [2.24, 2.45) is 5.73 Å². The zero-order chi connectivity index (χ0) is 13.9. The number of rotatable bonds is 3. The quantitative estimate of drug-likeness (QED) is 0.916. The van der Waals surface area contributed by atoms with Gasteiger partial charge in [-0.25, -0.2) is 4.39 Å². The normalized spacial score (nSPS) is 24.6. The predicted molar refractivity (Wildman–Crippen MR) is 78.8 cm³/mol. The van der Waals surface area contributed by atoms with Crippen LogP contribution in [0.15, 0.2) is 18.2 Å². The Morgan fingerprint density at radius 2 is 1.95 bits per heavy atom. The molecule has 1 aromatic rings. The maximum Gasteiger partial charge on any atom is 0.132 e. The number of nitrogens with zero attached hydrogens (tertiary/aromatic N) is 2. The first-order chi connectivity index (χ1) is 9.78. The van der Waals surface area contributed by atoms with Crippen molar-refractivity contribution in [1.82, 2.24) is 9.80 Å². The lowest BCUT2D eigenvalue weighted by Gasteiger charge is -2.25. The van der Waals surface area contributed by atoms with Gasteiger partial charge in [0.2, 0.25) is 0 Å². The lowest BCUT2D eigenvalue weighted by atomic mass is 10.1. The van der Waals surface area contributed by atoms with Crippen molar-refractivity contribution < 1.29 is 4.39 Å². The van der Waals surface area contributed by atoms with Gasteiger partial charge in [-0.2, -0.15) is 0 Å². The van der Waals surface area contributed by atoms with E-state index in [0.717, 1.165) is 18.7 Å². The summed E-state index contributed by atoms with van der Waals surface area (Å²) in [7, 11) is 0. The number of benzene rings is 1. The molecule has 0 aliphatic carbocycles. The Morgan fingerprint density at radius 3 is 2.80 bits per heavy atom. The van der Waals surface area contributed by atoms with E-state index in [1.165, 1.54) is 32.4 Å². The average molecular weight is 277 g/mol. The maximum atomic E-state index is 14.3. The highest BCUT2D eigenvalue weighted by molar-refractivity contribution is 5.26. The molecule has 2 heterocycles. The van der Waals surface area contributed by atoms with Crippen molar-refractivity contribution in [3.8, 4) is 0 Å². The van der Waals surface area contributed by atoms with Gasteiger partial charge < -0.3 is 5.73 Å². The molecule has 1 unspecified atom stereocenters. The van der Waals surface area contributed by atoms with Crippen LogP contribution in [0.4, 0.5) is 4.39 Å². The number of fused-ring (bicyclic) bond motifs is 1. The Kier molecular flexibility index (Phi) is 4.34. The first-order valence-corrected chi connectivity index (χ1v) is 7.70. The molecule has 2 fully saturated rings. The van der Waals surface area contributed by atoms with Crippen LogP contribution in [0.1, 0.15) is 30.4 Å². The van der Waals surface area contributed by atoms with Gasteiger partial charge in [-0.1, -0.05) is 18.2 Å². The number of hydrogen-bond donors (Lipinski definition) is 1. The number of hydrogen-bond acceptors (Lipinski definition) is 3. The van der Waals surface area contributed by atoms with Gasteiger partial charge in [-0.3, -0.25) is 9.80 Å². The van der Waals surface area contributed by atoms with Gasteiger partial charge in [0.05, 0.1) is 0 Å². The van der Waals surface area contributed by atoms with E-state index >= 15 is 0 Å². The van der Waals surface area contributed by atoms with Crippen LogP contribution in [0.3, 0.4) is 0 Å². The molecule has 0 saturated carbocycles. The molecule has 1 aromatic carbocycles. The Bertz CT molecular complexity index is 463. The molecule has 0 bridgehead atoms. The standard InChI is InChI=1S/C16H24FN3/c17-16-13(10-18)4-1-5-14(16)11-19-7-3-9-20-8-2-6-15(20)12-19/h1,4-5,15H,2-3,6-12,18H2. The summed E-state index contributed by atoms with van der Waals surface area (Å²) in [6.45, 7) is 5.58. The SMILES string of the molecule is NCc1cccc(CN2CCCN3CCCC3C2)c1F. The summed E-state index contributed by atoms with van der Waals surface area (Å²) in [6, 6.07) is 6.27. The van der Waals surface area contributed by atoms with Crippen molar-refractivity contribution in [1.29, 1.82) is 0 Å². The minimum absolute atomic E-state index is 0.109. The van der Waals surface area contributed by atoms with Crippen LogP contribution in [0.25, 0.3) is 0 Å². The van der Waals surface area contributed by atoms with E-state index in [4.69, 9.17) is 5.73 Å². The lowest BCUT2D eigenvalue weighted by Crippen LogP contribution is -2.36. The third kappa shape index (κ3) is 2.87. The molecule has 2 aliphatic rings. The van der Waals surface area contributed by atoms with E-state index in [0.29, 0.717) is 18.2 Å². The van der Waals surface area contributed by atoms with Crippen LogP contribution in [-0.4, -0.2) is 42.0 Å². The van der Waals surface area contributed by atoms with Crippen LogP contribution >= 0.6 is 0 Å². The topological polar surface area (TPSA) is 32.5 Å². The second-order valence-corrected chi connectivity index (χ2v) is 6.02. The smallest absolute Gasteiger partial charge is 0.132 e. The first-order valence-electron chi connectivity index (χ1n) is 7.70. The fourth-order valence-corrected chi connectivity index (χ4v) is 3.58. The Hall–Kier alpha value is -0.970. The summed E-state index contributed by atoms with van der Waals surface area (Å²) in [4.78, 5) is 5.02. The van der Waals surface area contributed by atoms with Gasteiger partial charge in [0.1, 0.15) is 5.82 Å². The summed E-state index contributed by atoms with van der Waals surface area (Å²) in [5.74, 6) is -0.109. The van der Waals surface area contributed by atoms with E-state index in [1.54, 1.807) is 6.07 Å². The molecule has 4 heteroatoms. The molecular weight excluding hydrogens is 253 g/mol. The monoisotopic (exact) mass is 277 g/mol. The fourth-order valence-electron chi connectivity index (χ4n) is 3.58. The van der Waals surface area contributed by atoms with Gasteiger partial charge in [0, 0.05) is 36.8 Å². The second-order valence-electron chi connectivity index (χ2n) is 6.02. The highest BCUT2D eigenvalue weighted by Crippen LogP contribution is 2.23. The molecule has 3 rings (SSSR count). The number of halogens is 1. The zero-order valence-electron chi connectivity index (χ0n) is 12.0. The third-order valence-electron chi connectivity index (χ3n) is 4.66. The van der Waals surface area contributed by atoms with E-state index in [-0.39, 0.29) is 12.4 Å². The Morgan fingerprint density at radius 1 is 1.15 bits per heavy atom. The van der Waals surface area contributed by atoms with E-state index in [1.807, 2.05) is 12.1 Å². The van der Waals surface area contributed by atoms with Crippen LogP contribution in [-0.2, 0) is 13.1 Å². The lowest BCUT2D eigenvalue weighted by molar-refractivity contribution is 0.214. The van der Waals surface area contributed by atoms with E-state index in [2.05, 4.69) is 9.80 Å². The van der Waals surface area contributed by atoms with Crippen molar-refractivity contribution in [2.45, 2.75) is 38.4 Å². The van der Waals surface area contributed by atoms with Gasteiger partial charge >= 0.3 is 0 Å². The molecule has 0 aromatic heterocycles. The summed E-state index contributed by atoms with van der Waals surface area (Å²) in [6.07, 6.45) is 3.80. The summed E-state index contributed by atoms with van der Waals surface area (Å²) < 4.78 is 14.3. The summed E-state index contributed by atoms with van der Waals surface area (Å²) >= 11 is 0. The predicted octanol–water partition coefficient (Wildman–Crippen LogP) is 1.95. The van der Waals surface area contributed by atoms with Gasteiger partial charge in [0.15, 0.2) is 0 Å². The second kappa shape index (κ2) is 6.20. The largest absolute Gasteiger partial charge is 0.326 e. The van der Waals surface area contributed by atoms with Crippen LogP contribution in [0.2, 0.25) is 0 Å². The molecule has 0 amide bonds. The summed E-state index contributed by atoms with van der Waals surface area (Å²) in [5, 5.41) is 0. The van der Waals surface area contributed by atoms with E-state index in [9.17, 15) is 4.39 Å². The van der Waals surface area contributed by atoms with Crippen molar-refractivity contribution in [3.05, 3.63) is 35.1 Å². The molecule has 2 saturated heterocycles. The Balaban J connectivity index is 1.70. The van der Waals surface area contributed by atoms with Crippen molar-refractivity contribution >= 4 is 0 Å². The van der Waals surface area contributed by atoms with Crippen LogP contribution in [0, 0.1) is 5.82 Å². The maximum absolute atomic E-state index is 14.3. The van der Waals surface area contributed by atoms with Crippen LogP contribution < -0.4 is 5.73 Å². The molecule has 1 atom stereocenters. The highest BCUT2D eigenvalue weighted by Gasteiger charge is 2.28. The van der Waals surface area contributed by atoms with E-state index < -0.39 is 0 Å². The molecule has 2 aliphatic heterocycles. The minimum Gasteiger partial charge on any atom is -0.326 e. The molecule has 2 N–H and O–H groups in total. The first kappa shape index (κ1) is 14.0. The van der Waals surface area contributed by atoms with Gasteiger partial charge in [-0.15, -0.1) is 0 Å². The van der Waals surface area contributed by atoms with Gasteiger partial charge in [-0.05, 0) is 38.9 Å². The highest BCUT2D eigenvalue weighted by atomic mass is 19.1. The van der Waals surface area contributed by atoms with Crippen molar-refractivity contribution in [3.63, 3.8) is 0 Å². The molecule has 0 radical (unpaired) electrons.